The SMILES string of the molecule is Cc1nccn1CCCCNC(=O)Nc1cccc([S@](C)=O)c1. The summed E-state index contributed by atoms with van der Waals surface area (Å²) in [5.41, 5.74) is 0.643. The zero-order chi connectivity index (χ0) is 16.7. The molecule has 0 unspecified atom stereocenters. The van der Waals surface area contributed by atoms with Crippen LogP contribution in [0.5, 0.6) is 0 Å². The van der Waals surface area contributed by atoms with Gasteiger partial charge in [0, 0.05) is 53.1 Å². The first-order valence-electron chi connectivity index (χ1n) is 7.52. The van der Waals surface area contributed by atoms with E-state index in [-0.39, 0.29) is 6.03 Å². The van der Waals surface area contributed by atoms with E-state index in [0.717, 1.165) is 25.2 Å². The Labute approximate surface area is 138 Å². The standard InChI is InChI=1S/C16H22N4O2S/c1-13-17-9-11-20(13)10-4-3-8-18-16(21)19-14-6-5-7-15(12-14)23(2)22/h5-7,9,11-12H,3-4,8,10H2,1-2H3,(H2,18,19,21)/t23-/m0/s1. The van der Waals surface area contributed by atoms with Crippen LogP contribution in [0.3, 0.4) is 0 Å². The summed E-state index contributed by atoms with van der Waals surface area (Å²) in [6, 6.07) is 6.80. The number of imidazole rings is 1. The van der Waals surface area contributed by atoms with E-state index in [0.29, 0.717) is 17.1 Å². The third-order valence-electron chi connectivity index (χ3n) is 3.46. The number of carbonyl (C=O) groups is 1. The average molecular weight is 334 g/mol. The van der Waals surface area contributed by atoms with Gasteiger partial charge in [0.1, 0.15) is 5.82 Å². The van der Waals surface area contributed by atoms with Crippen molar-refractivity contribution in [1.29, 1.82) is 0 Å². The van der Waals surface area contributed by atoms with Crippen molar-refractivity contribution < 1.29 is 9.00 Å². The Hall–Kier alpha value is -2.15. The molecule has 1 aromatic carbocycles. The van der Waals surface area contributed by atoms with Crippen LogP contribution in [0.4, 0.5) is 10.5 Å². The molecule has 124 valence electrons. The highest BCUT2D eigenvalue weighted by atomic mass is 32.2. The summed E-state index contributed by atoms with van der Waals surface area (Å²) in [5.74, 6) is 1.00. The molecule has 0 bridgehead atoms. The quantitative estimate of drug-likeness (QED) is 0.764. The minimum Gasteiger partial charge on any atom is -0.338 e. The van der Waals surface area contributed by atoms with Crippen LogP contribution in [0.2, 0.25) is 0 Å². The summed E-state index contributed by atoms with van der Waals surface area (Å²) in [6.07, 6.45) is 7.23. The van der Waals surface area contributed by atoms with Gasteiger partial charge in [-0.15, -0.1) is 0 Å². The second-order valence-electron chi connectivity index (χ2n) is 5.24. The summed E-state index contributed by atoms with van der Waals surface area (Å²) in [5, 5.41) is 5.57. The van der Waals surface area contributed by atoms with Crippen molar-refractivity contribution in [2.24, 2.45) is 0 Å². The van der Waals surface area contributed by atoms with Crippen LogP contribution in [-0.2, 0) is 17.3 Å². The molecule has 1 aromatic heterocycles. The first kappa shape index (κ1) is 17.2. The highest BCUT2D eigenvalue weighted by molar-refractivity contribution is 7.84. The van der Waals surface area contributed by atoms with Gasteiger partial charge in [0.25, 0.3) is 0 Å². The van der Waals surface area contributed by atoms with Crippen molar-refractivity contribution in [3.05, 3.63) is 42.5 Å². The Morgan fingerprint density at radius 2 is 2.17 bits per heavy atom. The second kappa shape index (κ2) is 8.47. The van der Waals surface area contributed by atoms with Crippen molar-refractivity contribution in [2.45, 2.75) is 31.2 Å². The number of urea groups is 1. The molecule has 0 aliphatic heterocycles. The Kier molecular flexibility index (Phi) is 6.34. The van der Waals surface area contributed by atoms with Gasteiger partial charge < -0.3 is 15.2 Å². The molecule has 0 saturated carbocycles. The van der Waals surface area contributed by atoms with E-state index in [1.54, 1.807) is 36.7 Å². The molecule has 0 aliphatic carbocycles. The lowest BCUT2D eigenvalue weighted by molar-refractivity contribution is 0.252. The molecule has 0 saturated heterocycles. The number of nitrogens with one attached hydrogen (secondary N) is 2. The molecule has 6 nitrogen and oxygen atoms in total. The number of rotatable bonds is 7. The summed E-state index contributed by atoms with van der Waals surface area (Å²) in [6.45, 7) is 3.49. The number of unbranched alkanes of at least 4 members (excludes halogenated alkanes) is 1. The highest BCUT2D eigenvalue weighted by Gasteiger charge is 2.03. The van der Waals surface area contributed by atoms with Crippen molar-refractivity contribution in [2.75, 3.05) is 18.1 Å². The van der Waals surface area contributed by atoms with Gasteiger partial charge in [-0.2, -0.15) is 0 Å². The Bertz CT molecular complexity index is 684. The molecule has 1 heterocycles. The number of aromatic nitrogens is 2. The van der Waals surface area contributed by atoms with E-state index >= 15 is 0 Å². The molecule has 0 spiro atoms. The number of hydrogen-bond donors (Lipinski definition) is 2. The lowest BCUT2D eigenvalue weighted by atomic mass is 10.3. The first-order chi connectivity index (χ1) is 11.1. The first-order valence-corrected chi connectivity index (χ1v) is 9.08. The topological polar surface area (TPSA) is 76.0 Å². The maximum absolute atomic E-state index is 11.8. The average Bonchev–Trinajstić information content (AvgIpc) is 2.92. The molecule has 0 fully saturated rings. The van der Waals surface area contributed by atoms with E-state index in [1.807, 2.05) is 13.1 Å². The summed E-state index contributed by atoms with van der Waals surface area (Å²) < 4.78 is 13.5. The predicted molar refractivity (Wildman–Crippen MR) is 92.0 cm³/mol. The molecular formula is C16H22N4O2S. The van der Waals surface area contributed by atoms with Crippen LogP contribution < -0.4 is 10.6 Å². The largest absolute Gasteiger partial charge is 0.338 e. The zero-order valence-corrected chi connectivity index (χ0v) is 14.2. The predicted octanol–water partition coefficient (Wildman–Crippen LogP) is 2.53. The summed E-state index contributed by atoms with van der Waals surface area (Å²) in [4.78, 5) is 16.7. The van der Waals surface area contributed by atoms with Crippen LogP contribution in [-0.4, -0.2) is 32.6 Å². The van der Waals surface area contributed by atoms with Crippen molar-refractivity contribution >= 4 is 22.5 Å². The minimum atomic E-state index is -1.06. The molecule has 1 atom stereocenters. The molecule has 2 amide bonds. The summed E-state index contributed by atoms with van der Waals surface area (Å²) >= 11 is 0. The summed E-state index contributed by atoms with van der Waals surface area (Å²) in [7, 11) is -1.06. The Morgan fingerprint density at radius 3 is 2.87 bits per heavy atom. The molecule has 2 aromatic rings. The Morgan fingerprint density at radius 1 is 1.35 bits per heavy atom. The molecule has 2 rings (SSSR count). The minimum absolute atomic E-state index is 0.247. The van der Waals surface area contributed by atoms with E-state index in [1.165, 1.54) is 0 Å². The molecule has 2 N–H and O–H groups in total. The van der Waals surface area contributed by atoms with Gasteiger partial charge in [-0.3, -0.25) is 4.21 Å². The second-order valence-corrected chi connectivity index (χ2v) is 6.62. The van der Waals surface area contributed by atoms with Crippen LogP contribution in [0.15, 0.2) is 41.6 Å². The zero-order valence-electron chi connectivity index (χ0n) is 13.4. The normalized spacial score (nSPS) is 11.9. The number of benzene rings is 1. The van der Waals surface area contributed by atoms with Gasteiger partial charge in [-0.1, -0.05) is 6.07 Å². The number of carbonyl (C=O) groups excluding carboxylic acids is 1. The van der Waals surface area contributed by atoms with Gasteiger partial charge in [-0.25, -0.2) is 9.78 Å². The highest BCUT2D eigenvalue weighted by Crippen LogP contribution is 2.12. The maximum atomic E-state index is 11.8. The van der Waals surface area contributed by atoms with Gasteiger partial charge in [0.2, 0.25) is 0 Å². The third kappa shape index (κ3) is 5.52. The van der Waals surface area contributed by atoms with Crippen molar-refractivity contribution in [1.82, 2.24) is 14.9 Å². The van der Waals surface area contributed by atoms with E-state index < -0.39 is 10.8 Å². The lowest BCUT2D eigenvalue weighted by Gasteiger charge is -2.09. The van der Waals surface area contributed by atoms with Crippen molar-refractivity contribution in [3.8, 4) is 0 Å². The van der Waals surface area contributed by atoms with Crippen LogP contribution >= 0.6 is 0 Å². The monoisotopic (exact) mass is 334 g/mol. The van der Waals surface area contributed by atoms with Gasteiger partial charge in [0.05, 0.1) is 0 Å². The number of nitrogens with zero attached hydrogens (tertiary/aromatic N) is 2. The third-order valence-corrected chi connectivity index (χ3v) is 4.38. The number of aryl methyl sites for hydroxylation is 2. The van der Waals surface area contributed by atoms with E-state index in [4.69, 9.17) is 0 Å². The van der Waals surface area contributed by atoms with Crippen LogP contribution in [0.25, 0.3) is 0 Å². The Balaban J connectivity index is 1.68. The fourth-order valence-corrected chi connectivity index (χ4v) is 2.74. The van der Waals surface area contributed by atoms with Crippen LogP contribution in [0, 0.1) is 6.92 Å². The van der Waals surface area contributed by atoms with Gasteiger partial charge in [-0.05, 0) is 38.0 Å². The molecule has 0 radical (unpaired) electrons. The van der Waals surface area contributed by atoms with Crippen LogP contribution in [0.1, 0.15) is 18.7 Å². The molecule has 0 aliphatic rings. The lowest BCUT2D eigenvalue weighted by Crippen LogP contribution is -2.29. The van der Waals surface area contributed by atoms with E-state index in [9.17, 15) is 9.00 Å². The number of hydrogen-bond acceptors (Lipinski definition) is 3. The number of amides is 2. The maximum Gasteiger partial charge on any atom is 0.319 e. The fraction of sp³-hybridized carbons (Fsp3) is 0.375. The fourth-order valence-electron chi connectivity index (χ4n) is 2.18. The van der Waals surface area contributed by atoms with Gasteiger partial charge >= 0.3 is 6.03 Å². The van der Waals surface area contributed by atoms with E-state index in [2.05, 4.69) is 20.2 Å². The smallest absolute Gasteiger partial charge is 0.319 e. The molecule has 7 heteroatoms. The van der Waals surface area contributed by atoms with Gasteiger partial charge in [0.15, 0.2) is 0 Å². The van der Waals surface area contributed by atoms with Crippen molar-refractivity contribution in [3.63, 3.8) is 0 Å². The molecular weight excluding hydrogens is 312 g/mol. The number of anilines is 1. The molecule has 23 heavy (non-hydrogen) atoms.